The first kappa shape index (κ1) is 34.8. The Hall–Kier alpha value is -5.08. The Balaban J connectivity index is 1.62. The van der Waals surface area contributed by atoms with Gasteiger partial charge >= 0.3 is 24.2 Å². The van der Waals surface area contributed by atoms with E-state index in [0.29, 0.717) is 9.80 Å². The summed E-state index contributed by atoms with van der Waals surface area (Å²) in [5.41, 5.74) is -0.199. The van der Waals surface area contributed by atoms with Crippen LogP contribution in [0.4, 0.5) is 37.7 Å². The van der Waals surface area contributed by atoms with Crippen molar-refractivity contribution in [3.63, 3.8) is 0 Å². The summed E-state index contributed by atoms with van der Waals surface area (Å²) in [5.74, 6) is -4.41. The number of ether oxygens (including phenoxy) is 2. The molecule has 0 saturated heterocycles. The van der Waals surface area contributed by atoms with Crippen molar-refractivity contribution in [3.05, 3.63) is 82.8 Å². The van der Waals surface area contributed by atoms with Crippen molar-refractivity contribution >= 4 is 90.0 Å². The number of halogens is 8. The van der Waals surface area contributed by atoms with E-state index < -0.39 is 37.3 Å². The Morgan fingerprint density at radius 1 is 0.580 bits per heavy atom. The topological polar surface area (TPSA) is 84.9 Å². The molecule has 0 atom stereocenters. The molecule has 0 N–H and O–H groups in total. The second kappa shape index (κ2) is 13.0. The molecule has 0 aliphatic heterocycles. The van der Waals surface area contributed by atoms with E-state index in [1.165, 1.54) is 87.0 Å². The van der Waals surface area contributed by atoms with Crippen LogP contribution in [0.2, 0.25) is 10.0 Å². The average molecular weight is 735 g/mol. The first-order valence-electron chi connectivity index (χ1n) is 14.5. The molecule has 16 heteroatoms. The molecule has 0 aliphatic rings. The van der Waals surface area contributed by atoms with Gasteiger partial charge in [0.25, 0.3) is 0 Å². The highest BCUT2D eigenvalue weighted by Gasteiger charge is 2.46. The zero-order chi connectivity index (χ0) is 36.1. The van der Waals surface area contributed by atoms with Crippen LogP contribution < -0.4 is 19.3 Å². The molecule has 50 heavy (non-hydrogen) atoms. The Morgan fingerprint density at radius 3 is 1.30 bits per heavy atom. The molecule has 0 saturated carbocycles. The second-order valence-corrected chi connectivity index (χ2v) is 11.8. The maximum absolute atomic E-state index is 14.4. The van der Waals surface area contributed by atoms with Crippen LogP contribution in [0.1, 0.15) is 0 Å². The van der Waals surface area contributed by atoms with Crippen LogP contribution >= 0.6 is 23.2 Å². The quantitative estimate of drug-likeness (QED) is 0.120. The molecule has 6 aromatic rings. The molecule has 2 aromatic heterocycles. The van der Waals surface area contributed by atoms with Crippen molar-refractivity contribution in [3.8, 4) is 11.5 Å². The smallest absolute Gasteiger partial charge is 0.471 e. The molecule has 2 heterocycles. The fraction of sp³-hybridized carbons (Fsp3) is 0.176. The monoisotopic (exact) mass is 734 g/mol. The maximum Gasteiger partial charge on any atom is 0.471 e. The highest BCUT2D eigenvalue weighted by Crippen LogP contribution is 2.41. The summed E-state index contributed by atoms with van der Waals surface area (Å²) in [6, 6.07) is 16.7. The number of methoxy groups -OCH3 is 2. The second-order valence-electron chi connectivity index (χ2n) is 10.9. The molecule has 2 amide bonds. The summed E-state index contributed by atoms with van der Waals surface area (Å²) < 4.78 is 96.8. The molecule has 0 spiro atoms. The highest BCUT2D eigenvalue weighted by atomic mass is 35.5. The van der Waals surface area contributed by atoms with Gasteiger partial charge in [0.1, 0.15) is 11.5 Å². The lowest BCUT2D eigenvalue weighted by Crippen LogP contribution is -2.49. The lowest BCUT2D eigenvalue weighted by molar-refractivity contribution is -0.171. The molecule has 0 aliphatic carbocycles. The minimum Gasteiger partial charge on any atom is -0.497 e. The average Bonchev–Trinajstić information content (AvgIpc) is 3.06. The zero-order valence-electron chi connectivity index (χ0n) is 25.8. The Kier molecular flexibility index (Phi) is 9.03. The SMILES string of the molecule is COc1ccc2nc3cc(Cl)ccc3c(N(CCN(C(=O)C(F)(F)F)c3c4ccc(Cl)cc4nc4ccc(OC)cc34)C(=O)C(F)(F)F)c2c1. The van der Waals surface area contributed by atoms with Crippen LogP contribution in [0.5, 0.6) is 11.5 Å². The number of aromatic nitrogens is 2. The summed E-state index contributed by atoms with van der Waals surface area (Å²) in [7, 11) is 2.64. The highest BCUT2D eigenvalue weighted by molar-refractivity contribution is 6.32. The van der Waals surface area contributed by atoms with Gasteiger partial charge in [0.2, 0.25) is 0 Å². The number of carbonyl (C=O) groups excluding carboxylic acids is 2. The van der Waals surface area contributed by atoms with Gasteiger partial charge in [-0.25, -0.2) is 9.97 Å². The van der Waals surface area contributed by atoms with Gasteiger partial charge < -0.3 is 19.3 Å². The molecule has 0 fully saturated rings. The molecular weight excluding hydrogens is 713 g/mol. The van der Waals surface area contributed by atoms with Crippen molar-refractivity contribution in [2.24, 2.45) is 0 Å². The van der Waals surface area contributed by atoms with Crippen molar-refractivity contribution in [2.45, 2.75) is 12.4 Å². The Bertz CT molecular complexity index is 2170. The van der Waals surface area contributed by atoms with Crippen LogP contribution in [0.3, 0.4) is 0 Å². The number of pyridine rings is 2. The van der Waals surface area contributed by atoms with Crippen LogP contribution in [-0.2, 0) is 9.59 Å². The standard InChI is InChI=1S/C34H22Cl2F6N4O4/c1-49-19-5-9-25-23(15-19)29(21-7-3-17(35)13-27(21)43-25)45(31(47)33(37,38)39)11-12-46(32(48)34(40,41)42)30-22-8-4-18(36)14-28(22)44-26-10-6-20(50-2)16-24(26)30/h3-10,13-16H,11-12H2,1-2H3. The van der Waals surface area contributed by atoms with E-state index in [9.17, 15) is 35.9 Å². The first-order chi connectivity index (χ1) is 23.6. The molecule has 0 bridgehead atoms. The number of hydrogen-bond acceptors (Lipinski definition) is 6. The number of carbonyl (C=O) groups is 2. The third-order valence-corrected chi connectivity index (χ3v) is 8.36. The minimum atomic E-state index is -5.49. The number of rotatable bonds is 7. The summed E-state index contributed by atoms with van der Waals surface area (Å²) in [4.78, 5) is 36.1. The molecule has 0 radical (unpaired) electrons. The van der Waals surface area contributed by atoms with E-state index >= 15 is 0 Å². The summed E-state index contributed by atoms with van der Waals surface area (Å²) in [6.07, 6.45) is -11.0. The predicted molar refractivity (Wildman–Crippen MR) is 178 cm³/mol. The summed E-state index contributed by atoms with van der Waals surface area (Å²) >= 11 is 12.3. The zero-order valence-corrected chi connectivity index (χ0v) is 27.3. The van der Waals surface area contributed by atoms with Gasteiger partial charge in [-0.15, -0.1) is 0 Å². The minimum absolute atomic E-state index is 0.0182. The number of fused-ring (bicyclic) bond motifs is 4. The Morgan fingerprint density at radius 2 is 0.960 bits per heavy atom. The fourth-order valence-electron chi connectivity index (χ4n) is 5.72. The largest absolute Gasteiger partial charge is 0.497 e. The van der Waals surface area contributed by atoms with Crippen molar-refractivity contribution in [1.82, 2.24) is 9.97 Å². The molecule has 258 valence electrons. The first-order valence-corrected chi connectivity index (χ1v) is 15.3. The predicted octanol–water partition coefficient (Wildman–Crippen LogP) is 8.90. The number of anilines is 2. The lowest BCUT2D eigenvalue weighted by Gasteiger charge is -2.31. The number of amides is 2. The van der Waals surface area contributed by atoms with Gasteiger partial charge in [0, 0.05) is 44.7 Å². The van der Waals surface area contributed by atoms with Crippen LogP contribution in [0.15, 0.2) is 72.8 Å². The van der Waals surface area contributed by atoms with Gasteiger partial charge in [-0.3, -0.25) is 9.59 Å². The van der Waals surface area contributed by atoms with Gasteiger partial charge in [0.05, 0.1) is 47.7 Å². The number of benzene rings is 4. The molecule has 8 nitrogen and oxygen atoms in total. The van der Waals surface area contributed by atoms with Crippen LogP contribution in [0.25, 0.3) is 43.6 Å². The summed E-state index contributed by atoms with van der Waals surface area (Å²) in [6.45, 7) is -2.12. The van der Waals surface area contributed by atoms with Gasteiger partial charge in [-0.05, 0) is 72.8 Å². The molecule has 0 unspecified atom stereocenters. The van der Waals surface area contributed by atoms with Crippen LogP contribution in [-0.4, -0.2) is 61.4 Å². The van der Waals surface area contributed by atoms with E-state index in [-0.39, 0.29) is 76.5 Å². The van der Waals surface area contributed by atoms with Crippen LogP contribution in [0, 0.1) is 0 Å². The maximum atomic E-state index is 14.4. The van der Waals surface area contributed by atoms with Crippen molar-refractivity contribution in [1.29, 1.82) is 0 Å². The lowest BCUT2D eigenvalue weighted by atomic mass is 10.0. The van der Waals surface area contributed by atoms with Gasteiger partial charge in [0.15, 0.2) is 0 Å². The number of hydrogen-bond donors (Lipinski definition) is 0. The Labute approximate surface area is 288 Å². The van der Waals surface area contributed by atoms with E-state index in [1.54, 1.807) is 0 Å². The van der Waals surface area contributed by atoms with Gasteiger partial charge in [-0.2, -0.15) is 26.3 Å². The third kappa shape index (κ3) is 6.48. The van der Waals surface area contributed by atoms with E-state index in [4.69, 9.17) is 32.7 Å². The van der Waals surface area contributed by atoms with Crippen molar-refractivity contribution < 1.29 is 45.4 Å². The normalized spacial score (nSPS) is 12.1. The van der Waals surface area contributed by atoms with E-state index in [1.807, 2.05) is 0 Å². The summed E-state index contributed by atoms with van der Waals surface area (Å²) in [5, 5.41) is 0.466. The van der Waals surface area contributed by atoms with Crippen molar-refractivity contribution in [2.75, 3.05) is 37.1 Å². The molecule has 6 rings (SSSR count). The molecule has 4 aromatic carbocycles. The number of nitrogens with zero attached hydrogens (tertiary/aromatic N) is 4. The van der Waals surface area contributed by atoms with Gasteiger partial charge in [-0.1, -0.05) is 23.2 Å². The molecular formula is C34H22Cl2F6N4O4. The van der Waals surface area contributed by atoms with E-state index in [0.717, 1.165) is 0 Å². The van der Waals surface area contributed by atoms with E-state index in [2.05, 4.69) is 9.97 Å². The fourth-order valence-corrected chi connectivity index (χ4v) is 6.05. The number of alkyl halides is 6. The third-order valence-electron chi connectivity index (χ3n) is 7.89.